The van der Waals surface area contributed by atoms with Gasteiger partial charge in [-0.1, -0.05) is 125 Å². The molecule has 0 atom stereocenters. The molecule has 0 heterocycles. The molecule has 23 heteroatoms. The molecule has 0 saturated carbocycles. The van der Waals surface area contributed by atoms with Crippen LogP contribution in [0.1, 0.15) is 99.6 Å². The third-order valence-corrected chi connectivity index (χ3v) is 15.2. The smallest absolute Gasteiger partial charge is 0.343 e. The third-order valence-electron chi connectivity index (χ3n) is 15.2. The highest BCUT2D eigenvalue weighted by molar-refractivity contribution is 5.94. The summed E-state index contributed by atoms with van der Waals surface area (Å²) in [4.78, 5) is 106. The molecule has 108 heavy (non-hydrogen) atoms. The van der Waals surface area contributed by atoms with Gasteiger partial charge in [0.05, 0.1) is 99.4 Å². The number of aryl methyl sites for hydroxylation is 3. The molecule has 0 aliphatic heterocycles. The molecular weight excluding hydrogens is 1390 g/mol. The molecule has 8 aromatic carbocycles. The summed E-state index contributed by atoms with van der Waals surface area (Å²) in [6, 6.07) is 56.4. The summed E-state index contributed by atoms with van der Waals surface area (Å²) in [7, 11) is 0. The van der Waals surface area contributed by atoms with Gasteiger partial charge in [0, 0.05) is 18.2 Å². The predicted molar refractivity (Wildman–Crippen MR) is 401 cm³/mol. The van der Waals surface area contributed by atoms with Gasteiger partial charge in [0.2, 0.25) is 0 Å². The normalized spacial score (nSPS) is 10.4. The minimum atomic E-state index is -0.513. The summed E-state index contributed by atoms with van der Waals surface area (Å²) < 4.78 is 72.5. The number of hydrogen-bond acceptors (Lipinski definition) is 23. The molecular formula is C85H88O23. The number of carbonyl (C=O) groups excluding carboxylic acids is 9. The highest BCUT2D eigenvalue weighted by Crippen LogP contribution is 2.26. The van der Waals surface area contributed by atoms with Crippen molar-refractivity contribution >= 4 is 53.7 Å². The minimum absolute atomic E-state index is 0.0823. The summed E-state index contributed by atoms with van der Waals surface area (Å²) in [5, 5.41) is 0. The molecule has 566 valence electrons. The predicted octanol–water partition coefficient (Wildman–Crippen LogP) is 13.5. The third kappa shape index (κ3) is 31.8. The summed E-state index contributed by atoms with van der Waals surface area (Å²) in [5.41, 5.74) is 9.71. The van der Waals surface area contributed by atoms with Gasteiger partial charge in [0.1, 0.15) is 56.9 Å². The second-order valence-electron chi connectivity index (χ2n) is 22.6. The molecule has 8 aromatic rings. The molecule has 0 fully saturated rings. The van der Waals surface area contributed by atoms with Crippen molar-refractivity contribution < 1.29 is 109 Å². The number of hydrogen-bond donors (Lipinski definition) is 0. The van der Waals surface area contributed by atoms with Gasteiger partial charge in [-0.15, -0.1) is 0 Å². The van der Waals surface area contributed by atoms with Crippen LogP contribution in [0.2, 0.25) is 0 Å². The van der Waals surface area contributed by atoms with Gasteiger partial charge in [0.25, 0.3) is 0 Å². The van der Waals surface area contributed by atoms with E-state index in [0.717, 1.165) is 76.4 Å². The van der Waals surface area contributed by atoms with Crippen molar-refractivity contribution in [2.45, 2.75) is 40.0 Å². The molecule has 0 aliphatic rings. The molecule has 8 rings (SSSR count). The number of carbonyl (C=O) groups is 9. The second-order valence-corrected chi connectivity index (χ2v) is 22.6. The molecule has 0 amide bonds. The lowest BCUT2D eigenvalue weighted by Gasteiger charge is -2.08. The summed E-state index contributed by atoms with van der Waals surface area (Å²) >= 11 is 0. The van der Waals surface area contributed by atoms with E-state index in [4.69, 9.17) is 66.3 Å². The van der Waals surface area contributed by atoms with Gasteiger partial charge < -0.3 is 66.3 Å². The Morgan fingerprint density at radius 2 is 0.407 bits per heavy atom. The fraction of sp³-hybridized carbons (Fsp3) is 0.259. The maximum Gasteiger partial charge on any atom is 0.343 e. The van der Waals surface area contributed by atoms with E-state index in [1.54, 1.807) is 84.9 Å². The van der Waals surface area contributed by atoms with Crippen molar-refractivity contribution in [2.24, 2.45) is 0 Å². The van der Waals surface area contributed by atoms with Crippen molar-refractivity contribution in [1.82, 2.24) is 0 Å². The van der Waals surface area contributed by atoms with Crippen LogP contribution < -0.4 is 14.2 Å². The fourth-order valence-electron chi connectivity index (χ4n) is 9.17. The van der Waals surface area contributed by atoms with Gasteiger partial charge in [-0.2, -0.15) is 0 Å². The van der Waals surface area contributed by atoms with Crippen LogP contribution in [0.4, 0.5) is 0 Å². The van der Waals surface area contributed by atoms with Crippen LogP contribution in [0.5, 0.6) is 17.2 Å². The number of rotatable bonds is 41. The lowest BCUT2D eigenvalue weighted by molar-refractivity contribution is -0.140. The molecule has 0 aromatic heterocycles. The SMILES string of the molecule is C=CC(=O)OCCOCCOC(=O)c1ccc(-c2ccc(OC(=O)c3ccc(CC)cc3)cc2)cc1.C=CC(=O)OCCOCCOCCOC(=O)c1ccc(-c2ccc(OC(=O)c3ccc(CC)cc3)cc2)cc1.C=CC(=O)OCCOCCOCCOC(=O)c1ccc(OC(=O)c2ccc(CC)cc2)cc1. The van der Waals surface area contributed by atoms with Crippen LogP contribution in [0.15, 0.2) is 232 Å². The Hall–Kier alpha value is -12.0. The second kappa shape index (κ2) is 48.9. The Kier molecular flexibility index (Phi) is 38.5. The monoisotopic (exact) mass is 1480 g/mol. The first-order chi connectivity index (χ1) is 52.5. The Balaban J connectivity index is 0.000000254. The number of ether oxygens (including phenoxy) is 14. The Morgan fingerprint density at radius 1 is 0.231 bits per heavy atom. The molecule has 0 bridgehead atoms. The lowest BCUT2D eigenvalue weighted by Crippen LogP contribution is -2.14. The Labute approximate surface area is 627 Å². The largest absolute Gasteiger partial charge is 0.460 e. The summed E-state index contributed by atoms with van der Waals surface area (Å²) in [6.45, 7) is 19.4. The first kappa shape index (κ1) is 84.9. The molecule has 0 radical (unpaired) electrons. The summed E-state index contributed by atoms with van der Waals surface area (Å²) in [5.74, 6) is -2.96. The van der Waals surface area contributed by atoms with Gasteiger partial charge >= 0.3 is 53.7 Å². The first-order valence-corrected chi connectivity index (χ1v) is 34.7. The quantitative estimate of drug-likeness (QED) is 0.0113. The van der Waals surface area contributed by atoms with E-state index in [1.807, 2.05) is 91.9 Å². The maximum atomic E-state index is 12.4. The Morgan fingerprint density at radius 3 is 0.630 bits per heavy atom. The molecule has 0 aliphatic carbocycles. The van der Waals surface area contributed by atoms with Crippen LogP contribution in [0, 0.1) is 0 Å². The average molecular weight is 1480 g/mol. The highest BCUT2D eigenvalue weighted by atomic mass is 16.6. The van der Waals surface area contributed by atoms with Crippen molar-refractivity contribution in [3.05, 3.63) is 282 Å². The van der Waals surface area contributed by atoms with E-state index < -0.39 is 53.7 Å². The highest BCUT2D eigenvalue weighted by Gasteiger charge is 2.16. The van der Waals surface area contributed by atoms with Crippen molar-refractivity contribution in [1.29, 1.82) is 0 Å². The molecule has 0 unspecified atom stereocenters. The van der Waals surface area contributed by atoms with Crippen LogP contribution in [-0.4, -0.2) is 159 Å². The zero-order chi connectivity index (χ0) is 77.5. The Bertz CT molecular complexity index is 4130. The topological polar surface area (TPSA) is 283 Å². The van der Waals surface area contributed by atoms with Crippen molar-refractivity contribution in [3.8, 4) is 39.5 Å². The van der Waals surface area contributed by atoms with Crippen molar-refractivity contribution in [2.75, 3.05) is 106 Å². The van der Waals surface area contributed by atoms with E-state index in [2.05, 4.69) is 33.6 Å². The van der Waals surface area contributed by atoms with E-state index in [-0.39, 0.29) is 79.3 Å². The lowest BCUT2D eigenvalue weighted by atomic mass is 10.0. The molecule has 0 saturated heterocycles. The fourth-order valence-corrected chi connectivity index (χ4v) is 9.17. The summed E-state index contributed by atoms with van der Waals surface area (Å²) in [6.07, 6.45) is 5.96. The van der Waals surface area contributed by atoms with Crippen LogP contribution in [0.25, 0.3) is 22.3 Å². The zero-order valence-electron chi connectivity index (χ0n) is 60.7. The minimum Gasteiger partial charge on any atom is -0.460 e. The van der Waals surface area contributed by atoms with Crippen LogP contribution in [0.3, 0.4) is 0 Å². The van der Waals surface area contributed by atoms with Gasteiger partial charge in [0.15, 0.2) is 0 Å². The van der Waals surface area contributed by atoms with E-state index in [9.17, 15) is 43.2 Å². The van der Waals surface area contributed by atoms with Gasteiger partial charge in [-0.3, -0.25) is 0 Å². The molecule has 0 spiro atoms. The van der Waals surface area contributed by atoms with Crippen molar-refractivity contribution in [3.63, 3.8) is 0 Å². The van der Waals surface area contributed by atoms with Gasteiger partial charge in [-0.25, -0.2) is 43.2 Å². The zero-order valence-corrected chi connectivity index (χ0v) is 60.7. The maximum absolute atomic E-state index is 12.4. The molecule has 23 nitrogen and oxygen atoms in total. The number of esters is 9. The van der Waals surface area contributed by atoms with E-state index >= 15 is 0 Å². The standard InChI is InChI=1S/C31H32O8.C29H28O7.C25H28O8/c1-3-23-5-7-27(8-6-23)31(34)39-28-15-13-25(14-16-28)24-9-11-26(12-10-24)30(33)38-22-20-36-18-17-35-19-21-37-29(32)4-2;1-3-21-5-7-25(8-6-21)29(32)36-26-15-13-23(14-16-26)22-9-11-24(12-10-22)28(31)35-20-18-33-17-19-34-27(30)4-2;1-3-19-5-7-21(8-6-19)25(28)33-22-11-9-20(10-12-22)24(27)32-18-16-30-14-13-29-15-17-31-23(26)4-2/h4-16H,2-3,17-22H2,1H3;4-16H,2-3,17-20H2,1H3;4-12H,2-3,13-18H2,1H3. The van der Waals surface area contributed by atoms with Crippen LogP contribution >= 0.6 is 0 Å². The first-order valence-electron chi connectivity index (χ1n) is 34.7. The average Bonchev–Trinajstić information content (AvgIpc) is 0.856. The van der Waals surface area contributed by atoms with E-state index in [0.29, 0.717) is 77.1 Å². The number of benzene rings is 8. The van der Waals surface area contributed by atoms with Gasteiger partial charge in [-0.05, 0) is 167 Å². The molecule has 0 N–H and O–H groups in total. The van der Waals surface area contributed by atoms with Crippen LogP contribution in [-0.2, 0) is 85.8 Å². The van der Waals surface area contributed by atoms with E-state index in [1.165, 1.54) is 24.3 Å².